The molecule has 2 heterocycles. The van der Waals surface area contributed by atoms with E-state index >= 15 is 0 Å². The summed E-state index contributed by atoms with van der Waals surface area (Å²) in [5.41, 5.74) is 1.93. The van der Waals surface area contributed by atoms with Crippen LogP contribution in [-0.4, -0.2) is 72.1 Å². The molecule has 1 aromatic heterocycles. The van der Waals surface area contributed by atoms with E-state index in [0.29, 0.717) is 25.5 Å². The molecule has 3 rings (SSSR count). The third-order valence-corrected chi connectivity index (χ3v) is 3.73. The first-order valence-corrected chi connectivity index (χ1v) is 7.40. The van der Waals surface area contributed by atoms with Crippen LogP contribution in [-0.2, 0) is 4.74 Å². The van der Waals surface area contributed by atoms with Crippen molar-refractivity contribution in [2.75, 3.05) is 40.4 Å². The van der Waals surface area contributed by atoms with Crippen molar-refractivity contribution < 1.29 is 9.53 Å². The van der Waals surface area contributed by atoms with Gasteiger partial charge in [-0.15, -0.1) is 0 Å². The van der Waals surface area contributed by atoms with Crippen molar-refractivity contribution in [1.82, 2.24) is 19.8 Å². The van der Waals surface area contributed by atoms with E-state index in [1.54, 1.807) is 6.20 Å². The summed E-state index contributed by atoms with van der Waals surface area (Å²) in [5, 5.41) is 0. The number of carbonyl (C=O) groups is 1. The van der Waals surface area contributed by atoms with Crippen LogP contribution in [0.25, 0.3) is 11.0 Å². The number of hydrogen-bond acceptors (Lipinski definition) is 5. The number of fused-ring (bicyclic) bond motifs is 1. The molecule has 0 aliphatic carbocycles. The zero-order chi connectivity index (χ0) is 15.5. The third kappa shape index (κ3) is 3.08. The van der Waals surface area contributed by atoms with E-state index in [1.165, 1.54) is 0 Å². The minimum atomic E-state index is -0.0756. The largest absolute Gasteiger partial charge is 0.377 e. The van der Waals surface area contributed by atoms with Gasteiger partial charge in [-0.05, 0) is 26.2 Å². The summed E-state index contributed by atoms with van der Waals surface area (Å²) in [5.74, 6) is -0.0756. The van der Waals surface area contributed by atoms with Crippen molar-refractivity contribution >= 4 is 16.9 Å². The summed E-state index contributed by atoms with van der Waals surface area (Å²) in [6.07, 6.45) is 1.56. The van der Waals surface area contributed by atoms with Gasteiger partial charge in [-0.2, -0.15) is 0 Å². The van der Waals surface area contributed by atoms with Gasteiger partial charge in [0.05, 0.1) is 36.5 Å². The minimum absolute atomic E-state index is 0.0459. The van der Waals surface area contributed by atoms with Gasteiger partial charge in [-0.3, -0.25) is 9.78 Å². The Morgan fingerprint density at radius 2 is 2.14 bits per heavy atom. The molecule has 116 valence electrons. The van der Waals surface area contributed by atoms with Crippen molar-refractivity contribution in [3.05, 3.63) is 36.2 Å². The number of amides is 1. The fourth-order valence-corrected chi connectivity index (χ4v) is 2.70. The highest BCUT2D eigenvalue weighted by Crippen LogP contribution is 2.14. The highest BCUT2D eigenvalue weighted by atomic mass is 16.5. The summed E-state index contributed by atoms with van der Waals surface area (Å²) in [6, 6.07) is 7.61. The number of hydrogen-bond donors (Lipinski definition) is 0. The molecular weight excluding hydrogens is 280 g/mol. The molecule has 6 heteroatoms. The number of carbonyl (C=O) groups excluding carboxylic acids is 1. The highest BCUT2D eigenvalue weighted by Gasteiger charge is 2.29. The lowest BCUT2D eigenvalue weighted by Gasteiger charge is -2.36. The molecule has 1 amide bonds. The van der Waals surface area contributed by atoms with Gasteiger partial charge in [0.15, 0.2) is 0 Å². The van der Waals surface area contributed by atoms with Crippen LogP contribution in [0, 0.1) is 0 Å². The van der Waals surface area contributed by atoms with E-state index in [0.717, 1.165) is 17.6 Å². The van der Waals surface area contributed by atoms with Crippen molar-refractivity contribution in [3.63, 3.8) is 0 Å². The first kappa shape index (κ1) is 14.9. The first-order chi connectivity index (χ1) is 10.6. The normalized spacial score (nSPS) is 18.9. The van der Waals surface area contributed by atoms with E-state index in [4.69, 9.17) is 4.74 Å². The highest BCUT2D eigenvalue weighted by molar-refractivity contribution is 5.94. The van der Waals surface area contributed by atoms with E-state index in [-0.39, 0.29) is 11.9 Å². The SMILES string of the molecule is CN(C)CC1COCCN1C(=O)c1cnc2ccccc2n1. The molecule has 6 nitrogen and oxygen atoms in total. The lowest BCUT2D eigenvalue weighted by molar-refractivity contribution is -0.00859. The van der Waals surface area contributed by atoms with Gasteiger partial charge in [0, 0.05) is 13.1 Å². The van der Waals surface area contributed by atoms with Crippen LogP contribution >= 0.6 is 0 Å². The van der Waals surface area contributed by atoms with E-state index in [2.05, 4.69) is 14.9 Å². The van der Waals surface area contributed by atoms with Gasteiger partial charge in [0.2, 0.25) is 0 Å². The summed E-state index contributed by atoms with van der Waals surface area (Å²) in [6.45, 7) is 2.49. The Balaban J connectivity index is 1.86. The number of rotatable bonds is 3. The molecule has 1 saturated heterocycles. The van der Waals surface area contributed by atoms with Gasteiger partial charge in [0.25, 0.3) is 5.91 Å². The van der Waals surface area contributed by atoms with Crippen molar-refractivity contribution in [3.8, 4) is 0 Å². The molecule has 0 radical (unpaired) electrons. The summed E-state index contributed by atoms with van der Waals surface area (Å²) in [4.78, 5) is 25.5. The zero-order valence-electron chi connectivity index (χ0n) is 12.9. The molecule has 22 heavy (non-hydrogen) atoms. The maximum atomic E-state index is 12.8. The molecular formula is C16H20N4O2. The second-order valence-electron chi connectivity index (χ2n) is 5.73. The molecule has 0 N–H and O–H groups in total. The Kier molecular flexibility index (Phi) is 4.31. The number of nitrogens with zero attached hydrogens (tertiary/aromatic N) is 4. The summed E-state index contributed by atoms with van der Waals surface area (Å²) >= 11 is 0. The van der Waals surface area contributed by atoms with Gasteiger partial charge in [0.1, 0.15) is 5.69 Å². The molecule has 1 aromatic carbocycles. The Morgan fingerprint density at radius 1 is 1.36 bits per heavy atom. The Labute approximate surface area is 129 Å². The first-order valence-electron chi connectivity index (χ1n) is 7.40. The van der Waals surface area contributed by atoms with Crippen LogP contribution in [0.4, 0.5) is 0 Å². The molecule has 2 aromatic rings. The average molecular weight is 300 g/mol. The molecule has 0 saturated carbocycles. The molecule has 1 fully saturated rings. The van der Waals surface area contributed by atoms with Crippen LogP contribution in [0.3, 0.4) is 0 Å². The van der Waals surface area contributed by atoms with Crippen LogP contribution in [0.5, 0.6) is 0 Å². The lowest BCUT2D eigenvalue weighted by Crippen LogP contribution is -2.52. The van der Waals surface area contributed by atoms with Crippen LogP contribution in [0.15, 0.2) is 30.5 Å². The summed E-state index contributed by atoms with van der Waals surface area (Å²) in [7, 11) is 3.99. The van der Waals surface area contributed by atoms with Crippen molar-refractivity contribution in [2.45, 2.75) is 6.04 Å². The number of ether oxygens (including phenoxy) is 1. The lowest BCUT2D eigenvalue weighted by atomic mass is 10.2. The monoisotopic (exact) mass is 300 g/mol. The van der Waals surface area contributed by atoms with Crippen LogP contribution < -0.4 is 0 Å². The third-order valence-electron chi connectivity index (χ3n) is 3.73. The van der Waals surface area contributed by atoms with E-state index in [9.17, 15) is 4.79 Å². The zero-order valence-corrected chi connectivity index (χ0v) is 12.9. The topological polar surface area (TPSA) is 58.6 Å². The fourth-order valence-electron chi connectivity index (χ4n) is 2.70. The van der Waals surface area contributed by atoms with E-state index < -0.39 is 0 Å². The van der Waals surface area contributed by atoms with Gasteiger partial charge < -0.3 is 14.5 Å². The predicted octanol–water partition coefficient (Wildman–Crippen LogP) is 1.03. The predicted molar refractivity (Wildman–Crippen MR) is 83.7 cm³/mol. The molecule has 1 aliphatic rings. The van der Waals surface area contributed by atoms with E-state index in [1.807, 2.05) is 43.3 Å². The fraction of sp³-hybridized carbons (Fsp3) is 0.438. The maximum Gasteiger partial charge on any atom is 0.274 e. The molecule has 1 atom stereocenters. The molecule has 1 aliphatic heterocycles. The van der Waals surface area contributed by atoms with Crippen molar-refractivity contribution in [1.29, 1.82) is 0 Å². The number of benzene rings is 1. The second-order valence-corrected chi connectivity index (χ2v) is 5.73. The standard InChI is InChI=1S/C16H20N4O2/c1-19(2)10-12-11-22-8-7-20(12)16(21)15-9-17-13-5-3-4-6-14(13)18-15/h3-6,9,12H,7-8,10-11H2,1-2H3. The van der Waals surface area contributed by atoms with Crippen molar-refractivity contribution in [2.24, 2.45) is 0 Å². The molecule has 1 unspecified atom stereocenters. The minimum Gasteiger partial charge on any atom is -0.377 e. The quantitative estimate of drug-likeness (QED) is 0.847. The Bertz CT molecular complexity index is 674. The van der Waals surface area contributed by atoms with Gasteiger partial charge in [-0.25, -0.2) is 4.98 Å². The molecule has 0 spiro atoms. The summed E-state index contributed by atoms with van der Waals surface area (Å²) < 4.78 is 5.51. The Morgan fingerprint density at radius 3 is 2.91 bits per heavy atom. The number of para-hydroxylation sites is 2. The van der Waals surface area contributed by atoms with Gasteiger partial charge in [-0.1, -0.05) is 12.1 Å². The van der Waals surface area contributed by atoms with Crippen LogP contribution in [0.2, 0.25) is 0 Å². The Hall–Kier alpha value is -2.05. The average Bonchev–Trinajstić information content (AvgIpc) is 2.54. The number of likely N-dealkylation sites (N-methyl/N-ethyl adjacent to an activating group) is 1. The number of morpholine rings is 1. The molecule has 0 bridgehead atoms. The second kappa shape index (κ2) is 6.37. The van der Waals surface area contributed by atoms with Gasteiger partial charge >= 0.3 is 0 Å². The maximum absolute atomic E-state index is 12.8. The smallest absolute Gasteiger partial charge is 0.274 e. The van der Waals surface area contributed by atoms with Crippen LogP contribution in [0.1, 0.15) is 10.5 Å². The number of aromatic nitrogens is 2.